The maximum Gasteiger partial charge on any atom is 0.0325 e. The first-order chi connectivity index (χ1) is 4.74. The minimum Gasteiger partial charge on any atom is -0.399 e. The van der Waals surface area contributed by atoms with Gasteiger partial charge in [-0.15, -0.1) is 0 Å². The molecule has 0 saturated heterocycles. The molecule has 1 aromatic rings. The lowest BCUT2D eigenvalue weighted by molar-refractivity contribution is 1.31. The van der Waals surface area contributed by atoms with Gasteiger partial charge in [0, 0.05) is 10.6 Å². The molecule has 0 aliphatic carbocycles. The molecule has 0 saturated carbocycles. The van der Waals surface area contributed by atoms with E-state index in [0.29, 0.717) is 0 Å². The Labute approximate surface area is 64.7 Å². The molecule has 54 valence electrons. The van der Waals surface area contributed by atoms with Gasteiger partial charge < -0.3 is 5.73 Å². The molecular formula is C7H10N2S. The Morgan fingerprint density at radius 3 is 2.60 bits per heavy atom. The van der Waals surface area contributed by atoms with Gasteiger partial charge in [-0.3, -0.25) is 5.14 Å². The Hall–Kier alpha value is -0.670. The summed E-state index contributed by atoms with van der Waals surface area (Å²) in [4.78, 5) is 1.04. The van der Waals surface area contributed by atoms with Crippen LogP contribution in [0.2, 0.25) is 0 Å². The lowest BCUT2D eigenvalue weighted by atomic mass is 10.2. The Morgan fingerprint density at radius 2 is 2.10 bits per heavy atom. The zero-order chi connectivity index (χ0) is 7.56. The standard InChI is InChI=1S/C7H10N2S/c1-5-2-3-6(8)4-7(5)10-9/h2-4H,8-9H2,1H3. The summed E-state index contributed by atoms with van der Waals surface area (Å²) in [6.45, 7) is 2.01. The van der Waals surface area contributed by atoms with Crippen molar-refractivity contribution in [1.82, 2.24) is 0 Å². The van der Waals surface area contributed by atoms with Crippen molar-refractivity contribution in [3.05, 3.63) is 23.8 Å². The van der Waals surface area contributed by atoms with Crippen LogP contribution >= 0.6 is 11.9 Å². The predicted octanol–water partition coefficient (Wildman–Crippen LogP) is 1.54. The minimum atomic E-state index is 0.763. The third-order valence-electron chi connectivity index (χ3n) is 1.34. The zero-order valence-electron chi connectivity index (χ0n) is 5.79. The van der Waals surface area contributed by atoms with Gasteiger partial charge in [0.05, 0.1) is 0 Å². The highest BCUT2D eigenvalue weighted by atomic mass is 32.2. The van der Waals surface area contributed by atoms with Crippen LogP contribution in [0.1, 0.15) is 5.56 Å². The van der Waals surface area contributed by atoms with Crippen molar-refractivity contribution < 1.29 is 0 Å². The fourth-order valence-corrected chi connectivity index (χ4v) is 1.20. The molecule has 0 heterocycles. The van der Waals surface area contributed by atoms with Crippen LogP contribution in [0.4, 0.5) is 5.69 Å². The molecule has 0 atom stereocenters. The first-order valence-electron chi connectivity index (χ1n) is 2.97. The van der Waals surface area contributed by atoms with Crippen LogP contribution in [0.15, 0.2) is 23.1 Å². The Kier molecular flexibility index (Phi) is 2.19. The summed E-state index contributed by atoms with van der Waals surface area (Å²) in [6.07, 6.45) is 0. The Morgan fingerprint density at radius 1 is 1.40 bits per heavy atom. The molecule has 4 N–H and O–H groups in total. The number of nitrogen functional groups attached to an aromatic ring is 1. The average Bonchev–Trinajstić information content (AvgIpc) is 1.94. The molecule has 0 fully saturated rings. The van der Waals surface area contributed by atoms with Crippen LogP contribution in [0.3, 0.4) is 0 Å². The average molecular weight is 154 g/mol. The topological polar surface area (TPSA) is 52.0 Å². The fraction of sp³-hybridized carbons (Fsp3) is 0.143. The molecule has 2 nitrogen and oxygen atoms in total. The molecule has 0 aliphatic heterocycles. The first-order valence-corrected chi connectivity index (χ1v) is 3.85. The number of anilines is 1. The maximum atomic E-state index is 5.53. The molecular weight excluding hydrogens is 144 g/mol. The summed E-state index contributed by atoms with van der Waals surface area (Å²) >= 11 is 1.23. The second-order valence-electron chi connectivity index (χ2n) is 2.14. The summed E-state index contributed by atoms with van der Waals surface area (Å²) < 4.78 is 0. The highest BCUT2D eigenvalue weighted by Crippen LogP contribution is 2.19. The van der Waals surface area contributed by atoms with Crippen molar-refractivity contribution in [3.8, 4) is 0 Å². The zero-order valence-corrected chi connectivity index (χ0v) is 6.61. The van der Waals surface area contributed by atoms with Crippen molar-refractivity contribution in [2.45, 2.75) is 11.8 Å². The molecule has 0 aliphatic rings. The van der Waals surface area contributed by atoms with Gasteiger partial charge in [0.1, 0.15) is 0 Å². The van der Waals surface area contributed by atoms with E-state index in [1.165, 1.54) is 17.5 Å². The molecule has 0 aromatic heterocycles. The second-order valence-corrected chi connectivity index (χ2v) is 2.82. The van der Waals surface area contributed by atoms with Gasteiger partial charge in [-0.05, 0) is 36.6 Å². The SMILES string of the molecule is Cc1ccc(N)cc1SN. The summed E-state index contributed by atoms with van der Waals surface area (Å²) in [5.74, 6) is 0. The molecule has 0 unspecified atom stereocenters. The Balaban J connectivity index is 3.09. The number of aryl methyl sites for hydroxylation is 1. The van der Waals surface area contributed by atoms with Crippen LogP contribution in [-0.2, 0) is 0 Å². The third kappa shape index (κ3) is 1.43. The van der Waals surface area contributed by atoms with E-state index in [1.54, 1.807) is 0 Å². The third-order valence-corrected chi connectivity index (χ3v) is 2.03. The molecule has 0 amide bonds. The van der Waals surface area contributed by atoms with E-state index < -0.39 is 0 Å². The molecule has 1 aromatic carbocycles. The van der Waals surface area contributed by atoms with Gasteiger partial charge in [-0.2, -0.15) is 0 Å². The highest BCUT2D eigenvalue weighted by molar-refractivity contribution is 7.97. The number of hydrogen-bond acceptors (Lipinski definition) is 3. The fourth-order valence-electron chi connectivity index (χ4n) is 0.744. The van der Waals surface area contributed by atoms with E-state index >= 15 is 0 Å². The van der Waals surface area contributed by atoms with E-state index in [2.05, 4.69) is 0 Å². The quantitative estimate of drug-likeness (QED) is 0.476. The van der Waals surface area contributed by atoms with E-state index in [9.17, 15) is 0 Å². The van der Waals surface area contributed by atoms with E-state index in [0.717, 1.165) is 10.6 Å². The molecule has 1 rings (SSSR count). The number of rotatable bonds is 1. The lowest BCUT2D eigenvalue weighted by Crippen LogP contribution is -1.88. The van der Waals surface area contributed by atoms with E-state index in [4.69, 9.17) is 10.9 Å². The van der Waals surface area contributed by atoms with E-state index in [-0.39, 0.29) is 0 Å². The second kappa shape index (κ2) is 2.94. The first kappa shape index (κ1) is 7.44. The van der Waals surface area contributed by atoms with Crippen molar-refractivity contribution in [2.75, 3.05) is 5.73 Å². The lowest BCUT2D eigenvalue weighted by Gasteiger charge is -2.01. The molecule has 10 heavy (non-hydrogen) atoms. The number of nitrogens with two attached hydrogens (primary N) is 2. The molecule has 0 radical (unpaired) electrons. The van der Waals surface area contributed by atoms with Gasteiger partial charge >= 0.3 is 0 Å². The monoisotopic (exact) mass is 154 g/mol. The van der Waals surface area contributed by atoms with Crippen molar-refractivity contribution in [2.24, 2.45) is 5.14 Å². The van der Waals surface area contributed by atoms with Crippen LogP contribution in [-0.4, -0.2) is 0 Å². The van der Waals surface area contributed by atoms with E-state index in [1.807, 2.05) is 25.1 Å². The maximum absolute atomic E-state index is 5.53. The predicted molar refractivity (Wildman–Crippen MR) is 45.6 cm³/mol. The van der Waals surface area contributed by atoms with Gasteiger partial charge in [0.15, 0.2) is 0 Å². The molecule has 0 spiro atoms. The van der Waals surface area contributed by atoms with Gasteiger partial charge in [-0.1, -0.05) is 6.07 Å². The number of hydrogen-bond donors (Lipinski definition) is 2. The van der Waals surface area contributed by atoms with Crippen LogP contribution in [0, 0.1) is 6.92 Å². The van der Waals surface area contributed by atoms with Crippen molar-refractivity contribution in [1.29, 1.82) is 0 Å². The summed E-state index contributed by atoms with van der Waals surface area (Å²) in [6, 6.07) is 5.71. The normalized spacial score (nSPS) is 9.80. The largest absolute Gasteiger partial charge is 0.399 e. The summed E-state index contributed by atoms with van der Waals surface area (Å²) in [5, 5.41) is 5.38. The van der Waals surface area contributed by atoms with Gasteiger partial charge in [0.25, 0.3) is 0 Å². The van der Waals surface area contributed by atoms with Crippen molar-refractivity contribution >= 4 is 17.6 Å². The molecule has 3 heteroatoms. The summed E-state index contributed by atoms with van der Waals surface area (Å²) in [5.41, 5.74) is 7.46. The van der Waals surface area contributed by atoms with Gasteiger partial charge in [-0.25, -0.2) is 0 Å². The molecule has 0 bridgehead atoms. The minimum absolute atomic E-state index is 0.763. The van der Waals surface area contributed by atoms with Crippen LogP contribution in [0.5, 0.6) is 0 Å². The smallest absolute Gasteiger partial charge is 0.0325 e. The Bertz CT molecular complexity index is 235. The van der Waals surface area contributed by atoms with Crippen molar-refractivity contribution in [3.63, 3.8) is 0 Å². The summed E-state index contributed by atoms with van der Waals surface area (Å²) in [7, 11) is 0. The van der Waals surface area contributed by atoms with Crippen LogP contribution in [0.25, 0.3) is 0 Å². The van der Waals surface area contributed by atoms with Gasteiger partial charge in [0.2, 0.25) is 0 Å². The van der Waals surface area contributed by atoms with Crippen LogP contribution < -0.4 is 10.9 Å². The number of benzene rings is 1. The highest BCUT2D eigenvalue weighted by Gasteiger charge is 1.95.